The zero-order chi connectivity index (χ0) is 13.0. The van der Waals surface area contributed by atoms with E-state index in [0.717, 1.165) is 0 Å². The van der Waals surface area contributed by atoms with Gasteiger partial charge in [0.05, 0.1) is 15.6 Å². The zero-order valence-corrected chi connectivity index (χ0v) is 10.9. The topological polar surface area (TPSA) is 66.6 Å². The molecule has 0 aliphatic carbocycles. The molecule has 1 aromatic rings. The fourth-order valence-electron chi connectivity index (χ4n) is 1.26. The van der Waals surface area contributed by atoms with E-state index in [2.05, 4.69) is 0 Å². The van der Waals surface area contributed by atoms with Crippen molar-refractivity contribution in [2.24, 2.45) is 5.73 Å². The van der Waals surface area contributed by atoms with E-state index in [1.165, 1.54) is 23.1 Å². The average molecular weight is 273 g/mol. The minimum absolute atomic E-state index is 0.000459. The average Bonchev–Trinajstić information content (AvgIpc) is 2.28. The van der Waals surface area contributed by atoms with Gasteiger partial charge in [0.2, 0.25) is 0 Å². The first kappa shape index (κ1) is 13.7. The molecular formula is C11H13ClN2O2S. The number of nitrogens with zero attached hydrogens (tertiary/aromatic N) is 1. The second kappa shape index (κ2) is 5.84. The molecule has 0 radical (unpaired) electrons. The first-order valence-corrected chi connectivity index (χ1v) is 5.72. The van der Waals surface area contributed by atoms with Gasteiger partial charge in [-0.2, -0.15) is 0 Å². The smallest absolute Gasteiger partial charge is 0.255 e. The number of amides is 1. The van der Waals surface area contributed by atoms with Crippen LogP contribution in [0.4, 0.5) is 0 Å². The minimum Gasteiger partial charge on any atom is -0.508 e. The van der Waals surface area contributed by atoms with E-state index in [4.69, 9.17) is 29.6 Å². The second-order valence-electron chi connectivity index (χ2n) is 3.61. The molecule has 0 spiro atoms. The first-order valence-electron chi connectivity index (χ1n) is 4.94. The number of carbonyl (C=O) groups is 1. The largest absolute Gasteiger partial charge is 0.508 e. The molecule has 0 aliphatic heterocycles. The molecule has 3 N–H and O–H groups in total. The predicted octanol–water partition coefficient (Wildman–Crippen LogP) is 1.79. The fraction of sp³-hybridized carbons (Fsp3) is 0.273. The maximum absolute atomic E-state index is 12.0. The Hall–Kier alpha value is -1.33. The Balaban J connectivity index is 2.81. The first-order chi connectivity index (χ1) is 7.91. The standard InChI is InChI=1S/C11H13ClN2O2S/c1-14(5-4-10(13)17)11(16)8-6-7(15)2-3-9(8)12/h2-3,6,15H,4-5H2,1H3,(H2,13,17). The summed E-state index contributed by atoms with van der Waals surface area (Å²) in [6.07, 6.45) is 0.452. The van der Waals surface area contributed by atoms with Gasteiger partial charge in [-0.3, -0.25) is 4.79 Å². The summed E-state index contributed by atoms with van der Waals surface area (Å²) < 4.78 is 0. The second-order valence-corrected chi connectivity index (χ2v) is 4.54. The van der Waals surface area contributed by atoms with Crippen LogP contribution in [-0.2, 0) is 0 Å². The van der Waals surface area contributed by atoms with E-state index in [0.29, 0.717) is 23.0 Å². The van der Waals surface area contributed by atoms with Crippen molar-refractivity contribution in [2.45, 2.75) is 6.42 Å². The molecule has 1 rings (SSSR count). The number of thiocarbonyl (C=S) groups is 1. The van der Waals surface area contributed by atoms with Crippen molar-refractivity contribution >= 4 is 34.7 Å². The monoisotopic (exact) mass is 272 g/mol. The summed E-state index contributed by atoms with van der Waals surface area (Å²) in [7, 11) is 1.63. The zero-order valence-electron chi connectivity index (χ0n) is 9.31. The van der Waals surface area contributed by atoms with Crippen molar-refractivity contribution in [3.63, 3.8) is 0 Å². The number of benzene rings is 1. The lowest BCUT2D eigenvalue weighted by Crippen LogP contribution is -2.30. The van der Waals surface area contributed by atoms with Gasteiger partial charge in [0.15, 0.2) is 0 Å². The minimum atomic E-state index is -0.276. The van der Waals surface area contributed by atoms with Crippen LogP contribution in [0.5, 0.6) is 5.75 Å². The van der Waals surface area contributed by atoms with Crippen LogP contribution in [-0.4, -0.2) is 34.5 Å². The van der Waals surface area contributed by atoms with E-state index in [1.807, 2.05) is 0 Å². The molecular weight excluding hydrogens is 260 g/mol. The van der Waals surface area contributed by atoms with Gasteiger partial charge in [-0.1, -0.05) is 23.8 Å². The summed E-state index contributed by atoms with van der Waals surface area (Å²) in [4.78, 5) is 13.8. The van der Waals surface area contributed by atoms with E-state index in [1.54, 1.807) is 7.05 Å². The van der Waals surface area contributed by atoms with Crippen LogP contribution in [0.3, 0.4) is 0 Å². The Morgan fingerprint density at radius 1 is 1.59 bits per heavy atom. The summed E-state index contributed by atoms with van der Waals surface area (Å²) in [6.45, 7) is 0.417. The number of nitrogens with two attached hydrogens (primary N) is 1. The number of aromatic hydroxyl groups is 1. The lowest BCUT2D eigenvalue weighted by Gasteiger charge is -2.17. The fourth-order valence-corrected chi connectivity index (χ4v) is 1.55. The van der Waals surface area contributed by atoms with Crippen LogP contribution in [0.1, 0.15) is 16.8 Å². The van der Waals surface area contributed by atoms with Crippen LogP contribution in [0.15, 0.2) is 18.2 Å². The lowest BCUT2D eigenvalue weighted by atomic mass is 10.2. The van der Waals surface area contributed by atoms with Gasteiger partial charge in [-0.15, -0.1) is 0 Å². The van der Waals surface area contributed by atoms with E-state index < -0.39 is 0 Å². The molecule has 0 atom stereocenters. The molecule has 1 aromatic carbocycles. The van der Waals surface area contributed by atoms with Gasteiger partial charge in [-0.05, 0) is 18.2 Å². The Morgan fingerprint density at radius 2 is 2.24 bits per heavy atom. The summed E-state index contributed by atoms with van der Waals surface area (Å²) >= 11 is 10.6. The quantitative estimate of drug-likeness (QED) is 0.820. The predicted molar refractivity (Wildman–Crippen MR) is 71.5 cm³/mol. The van der Waals surface area contributed by atoms with Crippen LogP contribution in [0.2, 0.25) is 5.02 Å². The SMILES string of the molecule is CN(CCC(N)=S)C(=O)c1cc(O)ccc1Cl. The Bertz CT molecular complexity index is 451. The third kappa shape index (κ3) is 3.87. The van der Waals surface area contributed by atoms with Gasteiger partial charge in [0.25, 0.3) is 5.91 Å². The Kier molecular flexibility index (Phi) is 4.72. The normalized spacial score (nSPS) is 10.0. The molecule has 0 saturated carbocycles. The van der Waals surface area contributed by atoms with Crippen molar-refractivity contribution in [3.05, 3.63) is 28.8 Å². The maximum atomic E-state index is 12.0. The molecule has 4 nitrogen and oxygen atoms in total. The number of phenols is 1. The summed E-state index contributed by atoms with van der Waals surface area (Å²) in [6, 6.07) is 4.24. The molecule has 0 fully saturated rings. The van der Waals surface area contributed by atoms with Gasteiger partial charge < -0.3 is 15.7 Å². The molecule has 0 bridgehead atoms. The van der Waals surface area contributed by atoms with E-state index in [-0.39, 0.29) is 17.2 Å². The number of hydrogen-bond acceptors (Lipinski definition) is 3. The number of halogens is 1. The number of phenolic OH excluding ortho intramolecular Hbond substituents is 1. The summed E-state index contributed by atoms with van der Waals surface area (Å²) in [5.74, 6) is -0.275. The van der Waals surface area contributed by atoms with Crippen LogP contribution < -0.4 is 5.73 Å². The van der Waals surface area contributed by atoms with Crippen molar-refractivity contribution in [2.75, 3.05) is 13.6 Å². The molecule has 0 aromatic heterocycles. The van der Waals surface area contributed by atoms with Crippen molar-refractivity contribution < 1.29 is 9.90 Å². The molecule has 0 saturated heterocycles. The Morgan fingerprint density at radius 3 is 2.82 bits per heavy atom. The number of carbonyl (C=O) groups excluding carboxylic acids is 1. The van der Waals surface area contributed by atoms with Gasteiger partial charge in [-0.25, -0.2) is 0 Å². The highest BCUT2D eigenvalue weighted by Gasteiger charge is 2.15. The highest BCUT2D eigenvalue weighted by Crippen LogP contribution is 2.22. The lowest BCUT2D eigenvalue weighted by molar-refractivity contribution is 0.0798. The molecule has 6 heteroatoms. The maximum Gasteiger partial charge on any atom is 0.255 e. The van der Waals surface area contributed by atoms with Crippen LogP contribution in [0, 0.1) is 0 Å². The Labute approximate surface area is 110 Å². The molecule has 0 unspecified atom stereocenters. The molecule has 0 aliphatic rings. The molecule has 17 heavy (non-hydrogen) atoms. The van der Waals surface area contributed by atoms with Gasteiger partial charge in [0.1, 0.15) is 5.75 Å². The summed E-state index contributed by atoms with van der Waals surface area (Å²) in [5, 5.41) is 9.62. The highest BCUT2D eigenvalue weighted by atomic mass is 35.5. The highest BCUT2D eigenvalue weighted by molar-refractivity contribution is 7.80. The van der Waals surface area contributed by atoms with Gasteiger partial charge in [0, 0.05) is 20.0 Å². The van der Waals surface area contributed by atoms with E-state index >= 15 is 0 Å². The van der Waals surface area contributed by atoms with Crippen LogP contribution in [0.25, 0.3) is 0 Å². The number of rotatable bonds is 4. The van der Waals surface area contributed by atoms with Gasteiger partial charge >= 0.3 is 0 Å². The number of hydrogen-bond donors (Lipinski definition) is 2. The third-order valence-electron chi connectivity index (χ3n) is 2.22. The third-order valence-corrected chi connectivity index (χ3v) is 2.75. The van der Waals surface area contributed by atoms with Crippen molar-refractivity contribution in [3.8, 4) is 5.75 Å². The van der Waals surface area contributed by atoms with Crippen molar-refractivity contribution in [1.82, 2.24) is 4.90 Å². The van der Waals surface area contributed by atoms with Crippen LogP contribution >= 0.6 is 23.8 Å². The molecule has 92 valence electrons. The molecule has 1 amide bonds. The van der Waals surface area contributed by atoms with E-state index in [9.17, 15) is 9.90 Å². The van der Waals surface area contributed by atoms with Crippen molar-refractivity contribution in [1.29, 1.82) is 0 Å². The molecule has 0 heterocycles. The summed E-state index contributed by atoms with van der Waals surface area (Å²) in [5.41, 5.74) is 5.62.